The summed E-state index contributed by atoms with van der Waals surface area (Å²) in [6.45, 7) is 7.76. The number of alkyl carbamates (subject to hydrolysis) is 1. The molecule has 0 aliphatic carbocycles. The van der Waals surface area contributed by atoms with Crippen LogP contribution in [0, 0.1) is 6.92 Å². The summed E-state index contributed by atoms with van der Waals surface area (Å²) < 4.78 is 12.6. The van der Waals surface area contributed by atoms with Crippen molar-refractivity contribution in [2.24, 2.45) is 0 Å². The van der Waals surface area contributed by atoms with Gasteiger partial charge < -0.3 is 14.8 Å². The second-order valence-corrected chi connectivity index (χ2v) is 10.4. The molecule has 7 nitrogen and oxygen atoms in total. The Morgan fingerprint density at radius 2 is 1.86 bits per heavy atom. The normalized spacial score (nSPS) is 12.4. The van der Waals surface area contributed by atoms with Crippen LogP contribution in [0.25, 0.3) is 22.0 Å². The first-order valence-electron chi connectivity index (χ1n) is 11.4. The Morgan fingerprint density at radius 1 is 1.09 bits per heavy atom. The molecule has 0 radical (unpaired) electrons. The van der Waals surface area contributed by atoms with Gasteiger partial charge in [-0.25, -0.2) is 4.79 Å². The Kier molecular flexibility index (Phi) is 7.40. The van der Waals surface area contributed by atoms with Crippen molar-refractivity contribution in [1.82, 2.24) is 20.5 Å². The molecule has 1 amide bonds. The number of aromatic amines is 1. The summed E-state index contributed by atoms with van der Waals surface area (Å²) in [5.41, 5.74) is 4.41. The second kappa shape index (κ2) is 10.5. The lowest BCUT2D eigenvalue weighted by Crippen LogP contribution is -2.43. The molecule has 4 aromatic rings. The highest BCUT2D eigenvalue weighted by atomic mass is 79.9. The number of carbonyl (C=O) groups excluding carboxylic acids is 1. The van der Waals surface area contributed by atoms with Crippen LogP contribution in [0.4, 0.5) is 4.79 Å². The number of H-pyrrole nitrogens is 1. The van der Waals surface area contributed by atoms with Crippen molar-refractivity contribution in [3.05, 3.63) is 76.7 Å². The van der Waals surface area contributed by atoms with E-state index in [4.69, 9.17) is 9.47 Å². The molecule has 0 bridgehead atoms. The van der Waals surface area contributed by atoms with E-state index in [0.29, 0.717) is 12.2 Å². The molecule has 2 aromatic carbocycles. The van der Waals surface area contributed by atoms with Crippen LogP contribution >= 0.6 is 15.9 Å². The molecule has 35 heavy (non-hydrogen) atoms. The van der Waals surface area contributed by atoms with Crippen LogP contribution in [0.15, 0.2) is 65.4 Å². The zero-order valence-corrected chi connectivity index (χ0v) is 21.8. The number of rotatable bonds is 7. The lowest BCUT2D eigenvalue weighted by molar-refractivity contribution is 0.0487. The minimum absolute atomic E-state index is 0.264. The molecule has 0 aliphatic heterocycles. The number of amides is 1. The van der Waals surface area contributed by atoms with Gasteiger partial charge in [-0.15, -0.1) is 0 Å². The third-order valence-electron chi connectivity index (χ3n) is 5.37. The molecular weight excluding hydrogens is 508 g/mol. The first-order valence-corrected chi connectivity index (χ1v) is 12.2. The number of ether oxygens (including phenoxy) is 2. The Bertz CT molecular complexity index is 1310. The predicted molar refractivity (Wildman–Crippen MR) is 141 cm³/mol. The maximum Gasteiger partial charge on any atom is 0.408 e. The van der Waals surface area contributed by atoms with Crippen LogP contribution in [0.2, 0.25) is 0 Å². The number of carbonyl (C=O) groups is 1. The minimum atomic E-state index is -0.584. The van der Waals surface area contributed by atoms with E-state index in [1.807, 2.05) is 76.4 Å². The van der Waals surface area contributed by atoms with Crippen LogP contribution < -0.4 is 10.1 Å². The monoisotopic (exact) mass is 536 g/mol. The molecule has 2 heterocycles. The number of pyridine rings is 1. The number of aryl methyl sites for hydroxylation is 1. The van der Waals surface area contributed by atoms with Gasteiger partial charge in [0.1, 0.15) is 18.0 Å². The van der Waals surface area contributed by atoms with Gasteiger partial charge in [0.2, 0.25) is 0 Å². The zero-order chi connectivity index (χ0) is 25.0. The van der Waals surface area contributed by atoms with Crippen molar-refractivity contribution < 1.29 is 14.3 Å². The van der Waals surface area contributed by atoms with Crippen molar-refractivity contribution in [2.75, 3.05) is 6.61 Å². The van der Waals surface area contributed by atoms with E-state index in [-0.39, 0.29) is 12.6 Å². The quantitative estimate of drug-likeness (QED) is 0.293. The number of fused-ring (bicyclic) bond motifs is 1. The Morgan fingerprint density at radius 3 is 2.60 bits per heavy atom. The van der Waals surface area contributed by atoms with Crippen LogP contribution in [0.1, 0.15) is 32.0 Å². The van der Waals surface area contributed by atoms with Crippen molar-refractivity contribution in [3.8, 4) is 16.9 Å². The first-order chi connectivity index (χ1) is 16.7. The van der Waals surface area contributed by atoms with Gasteiger partial charge in [0.05, 0.1) is 23.4 Å². The highest BCUT2D eigenvalue weighted by Gasteiger charge is 2.20. The molecule has 4 rings (SSSR count). The third kappa shape index (κ3) is 6.82. The Balaban J connectivity index is 1.49. The lowest BCUT2D eigenvalue weighted by Gasteiger charge is -2.24. The van der Waals surface area contributed by atoms with E-state index in [1.54, 1.807) is 6.20 Å². The van der Waals surface area contributed by atoms with Crippen molar-refractivity contribution in [3.63, 3.8) is 0 Å². The maximum absolute atomic E-state index is 12.5. The fourth-order valence-corrected chi connectivity index (χ4v) is 3.97. The van der Waals surface area contributed by atoms with Gasteiger partial charge in [-0.3, -0.25) is 10.1 Å². The van der Waals surface area contributed by atoms with Gasteiger partial charge in [0.25, 0.3) is 0 Å². The minimum Gasteiger partial charge on any atom is -0.490 e. The van der Waals surface area contributed by atoms with E-state index in [1.165, 1.54) is 0 Å². The number of benzene rings is 2. The molecule has 0 fully saturated rings. The highest BCUT2D eigenvalue weighted by molar-refractivity contribution is 9.10. The van der Waals surface area contributed by atoms with Crippen LogP contribution in [-0.4, -0.2) is 39.5 Å². The third-order valence-corrected chi connectivity index (χ3v) is 5.90. The smallest absolute Gasteiger partial charge is 0.408 e. The molecule has 0 saturated heterocycles. The second-order valence-electron chi connectivity index (χ2n) is 9.46. The van der Waals surface area contributed by atoms with E-state index < -0.39 is 11.7 Å². The SMILES string of the molecule is Cc1n[nH]c2ccc(-c3cncc(OCC(Cc4ccc(Br)cc4)NC(=O)OC(C)(C)C)c3)cc12. The number of nitrogens with one attached hydrogen (secondary N) is 2. The Hall–Kier alpha value is -3.39. The largest absolute Gasteiger partial charge is 0.490 e. The summed E-state index contributed by atoms with van der Waals surface area (Å²) in [6, 6.07) is 15.8. The summed E-state index contributed by atoms with van der Waals surface area (Å²) >= 11 is 3.46. The molecule has 2 aromatic heterocycles. The van der Waals surface area contributed by atoms with Crippen molar-refractivity contribution in [1.29, 1.82) is 0 Å². The summed E-state index contributed by atoms with van der Waals surface area (Å²) in [4.78, 5) is 16.8. The fourth-order valence-electron chi connectivity index (χ4n) is 3.71. The van der Waals surface area contributed by atoms with Gasteiger partial charge in [-0.1, -0.05) is 34.1 Å². The van der Waals surface area contributed by atoms with E-state index in [0.717, 1.165) is 37.8 Å². The summed E-state index contributed by atoms with van der Waals surface area (Å²) in [6.07, 6.45) is 3.60. The number of nitrogens with zero attached hydrogens (tertiary/aromatic N) is 2. The molecule has 1 unspecified atom stereocenters. The number of hydrogen-bond acceptors (Lipinski definition) is 5. The van der Waals surface area contributed by atoms with Crippen LogP contribution in [0.5, 0.6) is 5.75 Å². The van der Waals surface area contributed by atoms with Crippen LogP contribution in [0.3, 0.4) is 0 Å². The molecule has 2 N–H and O–H groups in total. The maximum atomic E-state index is 12.5. The summed E-state index contributed by atoms with van der Waals surface area (Å²) in [7, 11) is 0. The number of aromatic nitrogens is 3. The zero-order valence-electron chi connectivity index (χ0n) is 20.3. The highest BCUT2D eigenvalue weighted by Crippen LogP contribution is 2.27. The number of hydrogen-bond donors (Lipinski definition) is 2. The first kappa shape index (κ1) is 24.7. The fraction of sp³-hybridized carbons (Fsp3) is 0.296. The molecule has 1 atom stereocenters. The van der Waals surface area contributed by atoms with Gasteiger partial charge in [-0.05, 0) is 75.6 Å². The summed E-state index contributed by atoms with van der Waals surface area (Å²) in [5.74, 6) is 0.623. The van der Waals surface area contributed by atoms with E-state index in [9.17, 15) is 4.79 Å². The molecular formula is C27H29BrN4O3. The molecule has 182 valence electrons. The molecule has 0 saturated carbocycles. The lowest BCUT2D eigenvalue weighted by atomic mass is 10.0. The van der Waals surface area contributed by atoms with Crippen molar-refractivity contribution in [2.45, 2.75) is 45.8 Å². The molecule has 0 spiro atoms. The summed E-state index contributed by atoms with van der Waals surface area (Å²) in [5, 5.41) is 11.3. The standard InChI is InChI=1S/C27H29BrN4O3/c1-17-24-13-19(7-10-25(24)32-31-17)20-12-23(15-29-14-20)34-16-22(30-26(33)35-27(2,3)4)11-18-5-8-21(28)9-6-18/h5-10,12-15,22H,11,16H2,1-4H3,(H,30,33)(H,31,32). The van der Waals surface area contributed by atoms with Gasteiger partial charge in [0.15, 0.2) is 0 Å². The molecule has 0 aliphatic rings. The average molecular weight is 537 g/mol. The van der Waals surface area contributed by atoms with Gasteiger partial charge in [-0.2, -0.15) is 5.10 Å². The Labute approximate surface area is 213 Å². The van der Waals surface area contributed by atoms with Crippen LogP contribution in [-0.2, 0) is 11.2 Å². The van der Waals surface area contributed by atoms with E-state index in [2.05, 4.69) is 42.5 Å². The van der Waals surface area contributed by atoms with E-state index >= 15 is 0 Å². The van der Waals surface area contributed by atoms with Gasteiger partial charge >= 0.3 is 6.09 Å². The predicted octanol–water partition coefficient (Wildman–Crippen LogP) is 6.21. The topological polar surface area (TPSA) is 89.1 Å². The number of halogens is 1. The van der Waals surface area contributed by atoms with Crippen molar-refractivity contribution >= 4 is 32.9 Å². The van der Waals surface area contributed by atoms with Gasteiger partial charge in [0, 0.05) is 21.6 Å². The average Bonchev–Trinajstić information content (AvgIpc) is 3.18. The molecule has 8 heteroatoms.